The SMILES string of the molecule is CC[C@H]1[C@@H](O)C2C3CC[C@H]([C@H](C)CCc4nn[nH]n4)[C@@]3(C)[C@@H](O)CC2[C@@]2(C)CC[C@@H](O)C[C@@H]12.CC[C@H]1[C@@H](O)C2C3CC[C@H]([C@H](C)C[C@H](C)c4nn[nH]n4)[C@@]3(C)[C@@H](O)CC2[C@@]2(C)CC[C@@H](O)C[C@@H]12. The van der Waals surface area contributed by atoms with Crippen molar-refractivity contribution in [2.75, 3.05) is 0 Å². The third-order valence-electron chi connectivity index (χ3n) is 23.3. The molecule has 25 atom stereocenters. The van der Waals surface area contributed by atoms with E-state index in [1.165, 1.54) is 0 Å². The van der Waals surface area contributed by atoms with E-state index in [9.17, 15) is 30.6 Å². The Hall–Kier alpha value is -2.10. The molecule has 0 amide bonds. The topological polar surface area (TPSA) is 230 Å². The zero-order chi connectivity index (χ0) is 48.0. The van der Waals surface area contributed by atoms with Crippen LogP contribution in [0.5, 0.6) is 0 Å². The van der Waals surface area contributed by atoms with Crippen LogP contribution in [0, 0.1) is 105 Å². The first kappa shape index (κ1) is 49.9. The molecule has 8 saturated carbocycles. The summed E-state index contributed by atoms with van der Waals surface area (Å²) in [6, 6.07) is 0. The monoisotopic (exact) mass is 935 g/mol. The van der Waals surface area contributed by atoms with Crippen LogP contribution in [0.2, 0.25) is 0 Å². The second-order valence-corrected chi connectivity index (χ2v) is 25.6. The van der Waals surface area contributed by atoms with Crippen molar-refractivity contribution in [1.82, 2.24) is 41.2 Å². The molecule has 0 radical (unpaired) electrons. The van der Waals surface area contributed by atoms with Crippen LogP contribution in [0.3, 0.4) is 0 Å². The molecule has 8 aliphatic carbocycles. The highest BCUT2D eigenvalue weighted by molar-refractivity contribution is 5.18. The van der Waals surface area contributed by atoms with E-state index in [1.807, 2.05) is 0 Å². The van der Waals surface area contributed by atoms with E-state index in [1.54, 1.807) is 0 Å². The van der Waals surface area contributed by atoms with Crippen molar-refractivity contribution < 1.29 is 30.6 Å². The van der Waals surface area contributed by atoms with Crippen molar-refractivity contribution in [2.24, 2.45) is 105 Å². The highest BCUT2D eigenvalue weighted by atomic mass is 16.3. The summed E-state index contributed by atoms with van der Waals surface area (Å²) in [6.07, 6.45) is 14.3. The van der Waals surface area contributed by atoms with E-state index in [-0.39, 0.29) is 87.9 Å². The van der Waals surface area contributed by atoms with Crippen LogP contribution >= 0.6 is 0 Å². The first-order valence-corrected chi connectivity index (χ1v) is 27.4. The molecule has 6 unspecified atom stereocenters. The van der Waals surface area contributed by atoms with E-state index in [2.05, 4.69) is 104 Å². The summed E-state index contributed by atoms with van der Waals surface area (Å²) in [6.45, 7) is 20.8. The van der Waals surface area contributed by atoms with Crippen LogP contribution in [0.1, 0.15) is 183 Å². The molecular formula is C53H90N8O6. The molecule has 8 N–H and O–H groups in total. The number of aryl methyl sites for hydroxylation is 1. The number of hydrogen-bond acceptors (Lipinski definition) is 12. The molecule has 10 rings (SSSR count). The maximum absolute atomic E-state index is 11.9. The van der Waals surface area contributed by atoms with E-state index < -0.39 is 0 Å². The van der Waals surface area contributed by atoms with E-state index >= 15 is 0 Å². The molecule has 0 bridgehead atoms. The van der Waals surface area contributed by atoms with Gasteiger partial charge in [0.15, 0.2) is 11.6 Å². The predicted octanol–water partition coefficient (Wildman–Crippen LogP) is 7.29. The van der Waals surface area contributed by atoms with Gasteiger partial charge in [0.05, 0.1) is 36.6 Å². The lowest BCUT2D eigenvalue weighted by Gasteiger charge is -2.65. The fourth-order valence-corrected chi connectivity index (χ4v) is 19.8. The van der Waals surface area contributed by atoms with E-state index in [4.69, 9.17) is 0 Å². The van der Waals surface area contributed by atoms with Gasteiger partial charge in [-0.25, -0.2) is 0 Å². The molecule has 8 fully saturated rings. The maximum Gasteiger partial charge on any atom is 0.177 e. The number of aliphatic hydroxyl groups excluding tert-OH is 6. The van der Waals surface area contributed by atoms with Crippen LogP contribution < -0.4 is 0 Å². The summed E-state index contributed by atoms with van der Waals surface area (Å²) in [5.41, 5.74) is -0.125. The minimum atomic E-state index is -0.344. The Labute approximate surface area is 400 Å². The Balaban J connectivity index is 0.000000168. The van der Waals surface area contributed by atoms with Crippen molar-refractivity contribution >= 4 is 0 Å². The first-order valence-electron chi connectivity index (χ1n) is 27.4. The molecule has 378 valence electrons. The highest BCUT2D eigenvalue weighted by Crippen LogP contribution is 2.71. The largest absolute Gasteiger partial charge is 0.393 e. The fraction of sp³-hybridized carbons (Fsp3) is 0.962. The number of hydrogen-bond donors (Lipinski definition) is 8. The molecule has 0 aliphatic heterocycles. The standard InChI is InChI=1S/C27H46N4O3.C26H44N4O3/c1-6-17-20-12-16(32)9-10-26(20,4)21-13-22(33)27(5)18(7-8-19(27)23(21)24(17)34)14(2)11-15(3)25-28-30-31-29-25;1-5-16-19-12-15(31)10-11-25(19,3)20-13-21(32)26(4)17(7-8-18(26)23(20)24(16)33)14(2)6-9-22-27-29-30-28-22/h14-24,32-34H,6-13H2,1-5H3,(H,28,29,30,31);14-21,23-24,31-33H,5-13H2,1-4H3,(H,27,28,29,30)/t14-,15+,16-,17-,18-,19?,20+,21?,22+,23?,24-,26+,27-;14-,15-,16-,17-,18?,19+,20?,21+,23?,24-,25+,26-/m11/s1. The van der Waals surface area contributed by atoms with Crippen LogP contribution in [0.15, 0.2) is 0 Å². The fourth-order valence-electron chi connectivity index (χ4n) is 19.8. The summed E-state index contributed by atoms with van der Waals surface area (Å²) in [7, 11) is 0. The van der Waals surface area contributed by atoms with Gasteiger partial charge >= 0.3 is 0 Å². The first-order chi connectivity index (χ1) is 31.8. The summed E-state index contributed by atoms with van der Waals surface area (Å²) in [5.74, 6) is 6.61. The second-order valence-electron chi connectivity index (χ2n) is 25.6. The number of H-pyrrole nitrogens is 2. The molecule has 0 aromatic carbocycles. The molecular weight excluding hydrogens is 845 g/mol. The third kappa shape index (κ3) is 8.00. The Kier molecular flexibility index (Phi) is 14.0. The lowest BCUT2D eigenvalue weighted by atomic mass is 9.41. The number of nitrogens with zero attached hydrogens (tertiary/aromatic N) is 6. The van der Waals surface area contributed by atoms with E-state index in [0.717, 1.165) is 121 Å². The average Bonchev–Trinajstić information content (AvgIpc) is 4.14. The van der Waals surface area contributed by atoms with Crippen LogP contribution in [0.4, 0.5) is 0 Å². The number of rotatable bonds is 10. The smallest absolute Gasteiger partial charge is 0.177 e. The molecule has 2 aromatic rings. The predicted molar refractivity (Wildman–Crippen MR) is 254 cm³/mol. The lowest BCUT2D eigenvalue weighted by molar-refractivity contribution is -0.228. The molecule has 8 aliphatic rings. The van der Waals surface area contributed by atoms with Gasteiger partial charge < -0.3 is 30.6 Å². The summed E-state index contributed by atoms with van der Waals surface area (Å²) < 4.78 is 0. The number of aliphatic hydroxyl groups is 6. The van der Waals surface area contributed by atoms with Crippen molar-refractivity contribution in [3.8, 4) is 0 Å². The summed E-state index contributed by atoms with van der Waals surface area (Å²) in [4.78, 5) is 0. The van der Waals surface area contributed by atoms with Gasteiger partial charge in [0.25, 0.3) is 0 Å². The number of aromatic amines is 2. The average molecular weight is 935 g/mol. The normalized spacial score (nSPS) is 50.3. The number of aromatic nitrogens is 8. The summed E-state index contributed by atoms with van der Waals surface area (Å²) >= 11 is 0. The minimum Gasteiger partial charge on any atom is -0.393 e. The second kappa shape index (κ2) is 18.8. The van der Waals surface area contributed by atoms with Crippen LogP contribution in [-0.2, 0) is 6.42 Å². The third-order valence-corrected chi connectivity index (χ3v) is 23.3. The van der Waals surface area contributed by atoms with Gasteiger partial charge in [-0.15, -0.1) is 20.4 Å². The van der Waals surface area contributed by atoms with Gasteiger partial charge in [-0.05, 0) is 194 Å². The summed E-state index contributed by atoms with van der Waals surface area (Å²) in [5, 5.41) is 97.3. The molecule has 2 heterocycles. The Morgan fingerprint density at radius 2 is 1.04 bits per heavy atom. The Morgan fingerprint density at radius 3 is 1.49 bits per heavy atom. The van der Waals surface area contributed by atoms with Gasteiger partial charge in [0.2, 0.25) is 0 Å². The Morgan fingerprint density at radius 1 is 0.567 bits per heavy atom. The van der Waals surface area contributed by atoms with Gasteiger partial charge in [0, 0.05) is 12.3 Å². The zero-order valence-electron chi connectivity index (χ0n) is 42.5. The van der Waals surface area contributed by atoms with Gasteiger partial charge in [-0.3, -0.25) is 0 Å². The number of nitrogens with one attached hydrogen (secondary N) is 2. The van der Waals surface area contributed by atoms with Crippen molar-refractivity contribution in [3.63, 3.8) is 0 Å². The number of fused-ring (bicyclic) bond motifs is 10. The van der Waals surface area contributed by atoms with Gasteiger partial charge in [-0.1, -0.05) is 85.6 Å². The molecule has 14 heteroatoms. The number of tetrazole rings is 2. The quantitative estimate of drug-likeness (QED) is 0.117. The molecule has 0 spiro atoms. The maximum atomic E-state index is 11.9. The van der Waals surface area contributed by atoms with Crippen LogP contribution in [0.25, 0.3) is 0 Å². The van der Waals surface area contributed by atoms with Crippen LogP contribution in [-0.4, -0.2) is 109 Å². The molecule has 0 saturated heterocycles. The van der Waals surface area contributed by atoms with E-state index in [0.29, 0.717) is 59.2 Å². The van der Waals surface area contributed by atoms with Crippen molar-refractivity contribution in [1.29, 1.82) is 0 Å². The van der Waals surface area contributed by atoms with Gasteiger partial charge in [0.1, 0.15) is 0 Å². The zero-order valence-corrected chi connectivity index (χ0v) is 42.5. The Bertz CT molecular complexity index is 1940. The van der Waals surface area contributed by atoms with Gasteiger partial charge in [-0.2, -0.15) is 10.4 Å². The minimum absolute atomic E-state index is 0.100. The highest BCUT2D eigenvalue weighted by Gasteiger charge is 2.69. The van der Waals surface area contributed by atoms with Crippen molar-refractivity contribution in [2.45, 2.75) is 214 Å². The molecule has 14 nitrogen and oxygen atoms in total. The molecule has 67 heavy (non-hydrogen) atoms. The lowest BCUT2D eigenvalue weighted by Crippen LogP contribution is -2.65. The van der Waals surface area contributed by atoms with Crippen molar-refractivity contribution in [3.05, 3.63) is 11.6 Å². The molecule has 2 aromatic heterocycles.